The number of nitrogen functional groups attached to an aromatic ring is 1. The van der Waals surface area contributed by atoms with Crippen LogP contribution in [-0.4, -0.2) is 26.4 Å². The van der Waals surface area contributed by atoms with E-state index in [0.717, 1.165) is 18.8 Å². The molecule has 1 aromatic carbocycles. The Kier molecular flexibility index (Phi) is 2.97. The highest BCUT2D eigenvalue weighted by molar-refractivity contribution is 5.55. The van der Waals surface area contributed by atoms with Gasteiger partial charge in [-0.2, -0.15) is 0 Å². The van der Waals surface area contributed by atoms with Crippen LogP contribution in [0.15, 0.2) is 18.2 Å². The summed E-state index contributed by atoms with van der Waals surface area (Å²) < 4.78 is 16.1. The second-order valence-corrected chi connectivity index (χ2v) is 3.51. The summed E-state index contributed by atoms with van der Waals surface area (Å²) in [4.78, 5) is 0. The number of benzene rings is 1. The Balaban J connectivity index is 2.11. The maximum absolute atomic E-state index is 5.80. The third-order valence-electron chi connectivity index (χ3n) is 2.40. The molecule has 0 aromatic heterocycles. The molecule has 0 aliphatic carbocycles. The van der Waals surface area contributed by atoms with Crippen molar-refractivity contribution in [2.75, 3.05) is 26.1 Å². The number of methoxy groups -OCH3 is 1. The summed E-state index contributed by atoms with van der Waals surface area (Å²) in [6.45, 7) is 1.39. The van der Waals surface area contributed by atoms with Gasteiger partial charge >= 0.3 is 0 Å². The van der Waals surface area contributed by atoms with Crippen LogP contribution < -0.4 is 15.2 Å². The third kappa shape index (κ3) is 2.33. The second-order valence-electron chi connectivity index (χ2n) is 3.51. The zero-order valence-corrected chi connectivity index (χ0v) is 8.73. The minimum atomic E-state index is 0.111. The normalized spacial score (nSPS) is 20.2. The van der Waals surface area contributed by atoms with E-state index in [1.165, 1.54) is 0 Å². The maximum Gasteiger partial charge on any atom is 0.146 e. The lowest BCUT2D eigenvalue weighted by atomic mass is 10.2. The summed E-state index contributed by atoms with van der Waals surface area (Å²) in [5, 5.41) is 0. The fourth-order valence-electron chi connectivity index (χ4n) is 1.53. The predicted octanol–water partition coefficient (Wildman–Crippen LogP) is 1.45. The summed E-state index contributed by atoms with van der Waals surface area (Å²) in [5.74, 6) is 1.42. The van der Waals surface area contributed by atoms with Gasteiger partial charge in [-0.25, -0.2) is 0 Å². The summed E-state index contributed by atoms with van der Waals surface area (Å²) in [7, 11) is 1.62. The maximum atomic E-state index is 5.80. The van der Waals surface area contributed by atoms with Crippen LogP contribution in [0.3, 0.4) is 0 Å². The van der Waals surface area contributed by atoms with Crippen molar-refractivity contribution in [2.24, 2.45) is 0 Å². The van der Waals surface area contributed by atoms with Gasteiger partial charge in [0.15, 0.2) is 0 Å². The lowest BCUT2D eigenvalue weighted by Gasteiger charge is -2.14. The van der Waals surface area contributed by atoms with E-state index in [1.807, 2.05) is 6.07 Å². The summed E-state index contributed by atoms with van der Waals surface area (Å²) in [6.07, 6.45) is 1.02. The zero-order valence-electron chi connectivity index (χ0n) is 8.73. The van der Waals surface area contributed by atoms with E-state index in [4.69, 9.17) is 19.9 Å². The highest BCUT2D eigenvalue weighted by Gasteiger charge is 2.18. The first-order valence-electron chi connectivity index (χ1n) is 4.97. The monoisotopic (exact) mass is 209 g/mol. The molecule has 4 heteroatoms. The van der Waals surface area contributed by atoms with Crippen LogP contribution >= 0.6 is 0 Å². The van der Waals surface area contributed by atoms with Gasteiger partial charge in [0.25, 0.3) is 0 Å². The Morgan fingerprint density at radius 2 is 2.33 bits per heavy atom. The van der Waals surface area contributed by atoms with Gasteiger partial charge in [-0.1, -0.05) is 0 Å². The highest BCUT2D eigenvalue weighted by Crippen LogP contribution is 2.28. The van der Waals surface area contributed by atoms with E-state index in [-0.39, 0.29) is 6.10 Å². The average Bonchev–Trinajstić information content (AvgIpc) is 2.74. The van der Waals surface area contributed by atoms with Gasteiger partial charge < -0.3 is 19.9 Å². The lowest BCUT2D eigenvalue weighted by Crippen LogP contribution is -2.16. The SMILES string of the molecule is COc1ccc(N)c(O[C@@H]2CCOC2)c1. The highest BCUT2D eigenvalue weighted by atomic mass is 16.5. The van der Waals surface area contributed by atoms with Crippen LogP contribution in [0.5, 0.6) is 11.5 Å². The molecule has 1 saturated heterocycles. The number of hydrogen-bond acceptors (Lipinski definition) is 4. The molecule has 1 aliphatic rings. The Labute approximate surface area is 88.9 Å². The van der Waals surface area contributed by atoms with Crippen molar-refractivity contribution in [2.45, 2.75) is 12.5 Å². The minimum Gasteiger partial charge on any atom is -0.497 e. The van der Waals surface area contributed by atoms with Crippen LogP contribution in [0.4, 0.5) is 5.69 Å². The van der Waals surface area contributed by atoms with Gasteiger partial charge in [0.2, 0.25) is 0 Å². The van der Waals surface area contributed by atoms with Crippen molar-refractivity contribution in [1.29, 1.82) is 0 Å². The second kappa shape index (κ2) is 4.40. The van der Waals surface area contributed by atoms with Crippen molar-refractivity contribution < 1.29 is 14.2 Å². The van der Waals surface area contributed by atoms with E-state index in [1.54, 1.807) is 19.2 Å². The van der Waals surface area contributed by atoms with Gasteiger partial charge in [-0.3, -0.25) is 0 Å². The molecule has 2 N–H and O–H groups in total. The smallest absolute Gasteiger partial charge is 0.146 e. The van der Waals surface area contributed by atoms with Crippen molar-refractivity contribution in [1.82, 2.24) is 0 Å². The van der Waals surface area contributed by atoms with Crippen LogP contribution in [0.2, 0.25) is 0 Å². The van der Waals surface area contributed by atoms with E-state index in [0.29, 0.717) is 18.0 Å². The average molecular weight is 209 g/mol. The molecule has 0 spiro atoms. The quantitative estimate of drug-likeness (QED) is 0.765. The minimum absolute atomic E-state index is 0.111. The lowest BCUT2D eigenvalue weighted by molar-refractivity contribution is 0.141. The van der Waals surface area contributed by atoms with Crippen molar-refractivity contribution in [3.05, 3.63) is 18.2 Å². The molecule has 0 radical (unpaired) electrons. The number of rotatable bonds is 3. The van der Waals surface area contributed by atoms with Crippen molar-refractivity contribution in [3.8, 4) is 11.5 Å². The Morgan fingerprint density at radius 3 is 3.00 bits per heavy atom. The summed E-state index contributed by atoms with van der Waals surface area (Å²) in [5.41, 5.74) is 6.43. The van der Waals surface area contributed by atoms with E-state index in [9.17, 15) is 0 Å². The molecule has 0 bridgehead atoms. The molecule has 1 fully saturated rings. The van der Waals surface area contributed by atoms with Crippen molar-refractivity contribution in [3.63, 3.8) is 0 Å². The topological polar surface area (TPSA) is 53.7 Å². The van der Waals surface area contributed by atoms with Gasteiger partial charge in [0.05, 0.1) is 26.0 Å². The molecule has 4 nitrogen and oxygen atoms in total. The molecular weight excluding hydrogens is 194 g/mol. The number of nitrogens with two attached hydrogens (primary N) is 1. The Hall–Kier alpha value is -1.42. The fourth-order valence-corrected chi connectivity index (χ4v) is 1.53. The Morgan fingerprint density at radius 1 is 1.47 bits per heavy atom. The van der Waals surface area contributed by atoms with Crippen molar-refractivity contribution >= 4 is 5.69 Å². The molecule has 1 heterocycles. The van der Waals surface area contributed by atoms with Crippen LogP contribution in [0.1, 0.15) is 6.42 Å². The molecule has 2 rings (SSSR count). The fraction of sp³-hybridized carbons (Fsp3) is 0.455. The number of ether oxygens (including phenoxy) is 3. The molecule has 1 aromatic rings. The first kappa shape index (κ1) is 10.1. The van der Waals surface area contributed by atoms with E-state index < -0.39 is 0 Å². The first-order chi connectivity index (χ1) is 7.29. The number of hydrogen-bond donors (Lipinski definition) is 1. The molecule has 82 valence electrons. The first-order valence-corrected chi connectivity index (χ1v) is 4.97. The third-order valence-corrected chi connectivity index (χ3v) is 2.40. The van der Waals surface area contributed by atoms with Crippen LogP contribution in [-0.2, 0) is 4.74 Å². The van der Waals surface area contributed by atoms with Crippen LogP contribution in [0, 0.1) is 0 Å². The Bertz CT molecular complexity index is 335. The van der Waals surface area contributed by atoms with E-state index >= 15 is 0 Å². The number of anilines is 1. The standard InChI is InChI=1S/C11H15NO3/c1-13-8-2-3-10(12)11(6-8)15-9-4-5-14-7-9/h2-3,6,9H,4-5,7,12H2,1H3/t9-/m1/s1. The summed E-state index contributed by atoms with van der Waals surface area (Å²) >= 11 is 0. The summed E-state index contributed by atoms with van der Waals surface area (Å²) in [6, 6.07) is 5.39. The van der Waals surface area contributed by atoms with E-state index in [2.05, 4.69) is 0 Å². The molecule has 1 aliphatic heterocycles. The molecular formula is C11H15NO3. The molecule has 0 unspecified atom stereocenters. The van der Waals surface area contributed by atoms with Gasteiger partial charge in [0.1, 0.15) is 17.6 Å². The van der Waals surface area contributed by atoms with Gasteiger partial charge in [-0.15, -0.1) is 0 Å². The largest absolute Gasteiger partial charge is 0.497 e. The van der Waals surface area contributed by atoms with Crippen LogP contribution in [0.25, 0.3) is 0 Å². The zero-order chi connectivity index (χ0) is 10.7. The molecule has 1 atom stereocenters. The molecule has 0 saturated carbocycles. The van der Waals surface area contributed by atoms with Gasteiger partial charge in [-0.05, 0) is 12.1 Å². The predicted molar refractivity (Wildman–Crippen MR) is 57.3 cm³/mol. The molecule has 15 heavy (non-hydrogen) atoms. The molecule has 0 amide bonds. The van der Waals surface area contributed by atoms with Gasteiger partial charge in [0, 0.05) is 12.5 Å².